The molecule has 0 unspecified atom stereocenters. The van der Waals surface area contributed by atoms with Crippen molar-refractivity contribution in [3.8, 4) is 0 Å². The van der Waals surface area contributed by atoms with Gasteiger partial charge in [0.1, 0.15) is 12.1 Å². The van der Waals surface area contributed by atoms with E-state index in [1.165, 1.54) is 16.4 Å². The topological polar surface area (TPSA) is 46.3 Å². The van der Waals surface area contributed by atoms with Gasteiger partial charge < -0.3 is 4.90 Å². The third-order valence-electron chi connectivity index (χ3n) is 4.06. The van der Waals surface area contributed by atoms with E-state index in [1.807, 2.05) is 23.1 Å². The van der Waals surface area contributed by atoms with E-state index in [-0.39, 0.29) is 5.78 Å². The molecule has 0 fully saturated rings. The predicted molar refractivity (Wildman–Crippen MR) is 84.7 cm³/mol. The van der Waals surface area contributed by atoms with Crippen molar-refractivity contribution < 1.29 is 13.2 Å². The van der Waals surface area contributed by atoms with Crippen LogP contribution in [-0.2, 0) is 19.1 Å². The zero-order valence-electron chi connectivity index (χ0n) is 12.3. The third kappa shape index (κ3) is 2.52. The molecular formula is C15H11BrF3N5. The van der Waals surface area contributed by atoms with E-state index in [2.05, 4.69) is 31.0 Å². The molecule has 0 aliphatic carbocycles. The number of benzene rings is 1. The van der Waals surface area contributed by atoms with Crippen molar-refractivity contribution in [1.29, 1.82) is 0 Å². The van der Waals surface area contributed by atoms with Crippen molar-refractivity contribution in [3.05, 3.63) is 51.9 Å². The lowest BCUT2D eigenvalue weighted by atomic mass is 10.00. The molecule has 0 saturated carbocycles. The fraction of sp³-hybridized carbons (Fsp3) is 0.267. The average molecular weight is 398 g/mol. The second-order valence-electron chi connectivity index (χ2n) is 5.52. The lowest BCUT2D eigenvalue weighted by Crippen LogP contribution is -2.32. The van der Waals surface area contributed by atoms with Gasteiger partial charge in [0.15, 0.2) is 5.69 Å². The van der Waals surface area contributed by atoms with Gasteiger partial charge in [0.2, 0.25) is 0 Å². The zero-order chi connectivity index (χ0) is 16.9. The Labute approximate surface area is 143 Å². The molecular weight excluding hydrogens is 387 g/mol. The highest BCUT2D eigenvalue weighted by Gasteiger charge is 2.35. The second-order valence-corrected chi connectivity index (χ2v) is 6.37. The molecule has 4 rings (SSSR count). The summed E-state index contributed by atoms with van der Waals surface area (Å²) in [6, 6.07) is 6.96. The van der Waals surface area contributed by atoms with Crippen molar-refractivity contribution in [2.75, 3.05) is 11.4 Å². The van der Waals surface area contributed by atoms with Crippen LogP contribution >= 0.6 is 15.9 Å². The molecule has 0 saturated heterocycles. The highest BCUT2D eigenvalue weighted by molar-refractivity contribution is 9.10. The van der Waals surface area contributed by atoms with Crippen LogP contribution in [0.15, 0.2) is 35.1 Å². The van der Waals surface area contributed by atoms with Gasteiger partial charge in [0.25, 0.3) is 5.78 Å². The van der Waals surface area contributed by atoms with Crippen molar-refractivity contribution in [2.45, 2.75) is 19.1 Å². The minimum atomic E-state index is -4.53. The number of anilines is 1. The van der Waals surface area contributed by atoms with Gasteiger partial charge in [-0.25, -0.2) is 4.98 Å². The van der Waals surface area contributed by atoms with Crippen LogP contribution in [0, 0.1) is 0 Å². The Morgan fingerprint density at radius 2 is 2.04 bits per heavy atom. The quantitative estimate of drug-likeness (QED) is 0.630. The monoisotopic (exact) mass is 397 g/mol. The lowest BCUT2D eigenvalue weighted by molar-refractivity contribution is -0.141. The molecule has 0 amide bonds. The normalized spacial score (nSPS) is 14.9. The Balaban J connectivity index is 1.82. The maximum Gasteiger partial charge on any atom is 0.433 e. The first-order chi connectivity index (χ1) is 11.4. The summed E-state index contributed by atoms with van der Waals surface area (Å²) in [5.41, 5.74) is 1.30. The molecule has 24 heavy (non-hydrogen) atoms. The molecule has 1 aromatic carbocycles. The van der Waals surface area contributed by atoms with E-state index in [4.69, 9.17) is 0 Å². The summed E-state index contributed by atoms with van der Waals surface area (Å²) in [6.45, 7) is 1.09. The van der Waals surface area contributed by atoms with Gasteiger partial charge in [0.05, 0.1) is 0 Å². The van der Waals surface area contributed by atoms with Crippen LogP contribution in [0.25, 0.3) is 5.78 Å². The first kappa shape index (κ1) is 15.4. The summed E-state index contributed by atoms with van der Waals surface area (Å²) in [5.74, 6) is 0.281. The minimum Gasteiger partial charge on any atom is -0.352 e. The number of fused-ring (bicyclic) bond motifs is 2. The van der Waals surface area contributed by atoms with E-state index in [0.717, 1.165) is 22.5 Å². The Morgan fingerprint density at radius 3 is 2.83 bits per heavy atom. The molecule has 3 heterocycles. The molecule has 1 aliphatic heterocycles. The Bertz CT molecular complexity index is 921. The largest absolute Gasteiger partial charge is 0.433 e. The van der Waals surface area contributed by atoms with Gasteiger partial charge in [-0.2, -0.15) is 27.8 Å². The number of rotatable bonds is 1. The van der Waals surface area contributed by atoms with Crippen LogP contribution in [0.2, 0.25) is 0 Å². The third-order valence-corrected chi connectivity index (χ3v) is 4.81. The smallest absolute Gasteiger partial charge is 0.352 e. The molecule has 2 aromatic heterocycles. The van der Waals surface area contributed by atoms with Gasteiger partial charge >= 0.3 is 6.18 Å². The van der Waals surface area contributed by atoms with Gasteiger partial charge in [-0.3, -0.25) is 0 Å². The molecule has 0 atom stereocenters. The maximum absolute atomic E-state index is 13.1. The van der Waals surface area contributed by atoms with Crippen molar-refractivity contribution >= 4 is 27.5 Å². The molecule has 0 radical (unpaired) electrons. The fourth-order valence-electron chi connectivity index (χ4n) is 2.90. The standard InChI is InChI=1S/C15H11BrF3N5/c16-11-3-1-2-9-4-5-23(7-10(9)11)13-6-12(15(17,18)19)22-14-20-8-21-24(13)14/h1-3,6,8H,4-5,7H2. The number of hydrogen-bond acceptors (Lipinski definition) is 4. The fourth-order valence-corrected chi connectivity index (χ4v) is 3.44. The molecule has 5 nitrogen and oxygen atoms in total. The number of alkyl halides is 3. The van der Waals surface area contributed by atoms with E-state index >= 15 is 0 Å². The molecule has 3 aromatic rings. The summed E-state index contributed by atoms with van der Waals surface area (Å²) in [5, 5.41) is 4.02. The first-order valence-electron chi connectivity index (χ1n) is 7.22. The van der Waals surface area contributed by atoms with Crippen LogP contribution < -0.4 is 4.90 Å². The van der Waals surface area contributed by atoms with E-state index in [1.54, 1.807) is 0 Å². The average Bonchev–Trinajstić information content (AvgIpc) is 3.02. The van der Waals surface area contributed by atoms with Crippen LogP contribution in [0.4, 0.5) is 19.0 Å². The summed E-state index contributed by atoms with van der Waals surface area (Å²) in [4.78, 5) is 9.23. The number of aromatic nitrogens is 4. The van der Waals surface area contributed by atoms with Gasteiger partial charge in [-0.15, -0.1) is 0 Å². The lowest BCUT2D eigenvalue weighted by Gasteiger charge is -2.31. The summed E-state index contributed by atoms with van der Waals surface area (Å²) >= 11 is 3.52. The number of halogens is 4. The highest BCUT2D eigenvalue weighted by atomic mass is 79.9. The van der Waals surface area contributed by atoms with Gasteiger partial charge in [0, 0.05) is 23.6 Å². The van der Waals surface area contributed by atoms with E-state index in [0.29, 0.717) is 18.9 Å². The van der Waals surface area contributed by atoms with Crippen molar-refractivity contribution in [3.63, 3.8) is 0 Å². The molecule has 124 valence electrons. The maximum atomic E-state index is 13.1. The van der Waals surface area contributed by atoms with Crippen LogP contribution in [-0.4, -0.2) is 26.1 Å². The number of nitrogens with zero attached hydrogens (tertiary/aromatic N) is 5. The van der Waals surface area contributed by atoms with Gasteiger partial charge in [-0.05, 0) is 23.6 Å². The van der Waals surface area contributed by atoms with Gasteiger partial charge in [-0.1, -0.05) is 28.1 Å². The zero-order valence-corrected chi connectivity index (χ0v) is 13.8. The van der Waals surface area contributed by atoms with Crippen molar-refractivity contribution in [2.24, 2.45) is 0 Å². The SMILES string of the molecule is FC(F)(F)c1cc(N2CCc3cccc(Br)c3C2)n2ncnc2n1. The molecule has 0 N–H and O–H groups in total. The molecule has 9 heteroatoms. The molecule has 0 spiro atoms. The summed E-state index contributed by atoms with van der Waals surface area (Å²) < 4.78 is 41.7. The number of hydrogen-bond donors (Lipinski definition) is 0. The van der Waals surface area contributed by atoms with E-state index in [9.17, 15) is 13.2 Å². The van der Waals surface area contributed by atoms with Crippen molar-refractivity contribution in [1.82, 2.24) is 19.6 Å². The molecule has 0 bridgehead atoms. The van der Waals surface area contributed by atoms with E-state index < -0.39 is 11.9 Å². The second kappa shape index (κ2) is 5.44. The Morgan fingerprint density at radius 1 is 1.21 bits per heavy atom. The summed E-state index contributed by atoms with van der Waals surface area (Å²) in [7, 11) is 0. The van der Waals surface area contributed by atoms with Crippen LogP contribution in [0.3, 0.4) is 0 Å². The minimum absolute atomic E-state index is 0.0576. The van der Waals surface area contributed by atoms with Crippen LogP contribution in [0.5, 0.6) is 0 Å². The highest BCUT2D eigenvalue weighted by Crippen LogP contribution is 2.33. The first-order valence-corrected chi connectivity index (χ1v) is 8.02. The Hall–Kier alpha value is -2.16. The summed E-state index contributed by atoms with van der Waals surface area (Å²) in [6.07, 6.45) is -2.58. The predicted octanol–water partition coefficient (Wildman–Crippen LogP) is 3.47. The Kier molecular flexibility index (Phi) is 3.48. The van der Waals surface area contributed by atoms with Crippen LogP contribution in [0.1, 0.15) is 16.8 Å². The molecule has 1 aliphatic rings.